The average molecular weight is 529 g/mol. The van der Waals surface area contributed by atoms with Gasteiger partial charge < -0.3 is 0 Å². The minimum absolute atomic E-state index is 0.133. The molecule has 1 aromatic rings. The predicted octanol–water partition coefficient (Wildman–Crippen LogP) is 0.543. The fourth-order valence-corrected chi connectivity index (χ4v) is 5.42. The van der Waals surface area contributed by atoms with Crippen LogP contribution in [0.25, 0.3) is 0 Å². The zero-order valence-electron chi connectivity index (χ0n) is 18.7. The number of carbonyl (C=O) groups is 5. The van der Waals surface area contributed by atoms with Crippen LogP contribution < -0.4 is 0 Å². The van der Waals surface area contributed by atoms with Gasteiger partial charge in [0, 0.05) is 0 Å². The Balaban J connectivity index is 2.35. The van der Waals surface area contributed by atoms with E-state index < -0.39 is 68.3 Å². The molecule has 11 heteroatoms. The van der Waals surface area contributed by atoms with E-state index in [9.17, 15) is 24.0 Å². The molecule has 0 aromatic heterocycles. The van der Waals surface area contributed by atoms with Crippen molar-refractivity contribution in [2.24, 2.45) is 0 Å². The van der Waals surface area contributed by atoms with Crippen LogP contribution in [0.5, 0.6) is 0 Å². The van der Waals surface area contributed by atoms with Crippen molar-refractivity contribution in [1.82, 2.24) is 0 Å². The molecule has 1 aliphatic rings. The van der Waals surface area contributed by atoms with Crippen LogP contribution in [0.1, 0.15) is 33.3 Å². The van der Waals surface area contributed by atoms with Crippen molar-refractivity contribution >= 4 is 43.5 Å². The van der Waals surface area contributed by atoms with Crippen LogP contribution in [0, 0.1) is 0 Å². The molecule has 0 saturated carbocycles. The third kappa shape index (κ3) is 8.60. The Hall–Kier alpha value is -2.75. The number of hydrogen-bond acceptors (Lipinski definition) is 10. The van der Waals surface area contributed by atoms with Crippen LogP contribution in [0.4, 0.5) is 0 Å². The van der Waals surface area contributed by atoms with E-state index in [0.717, 1.165) is 26.3 Å². The Kier molecular flexibility index (Phi) is 10.0. The van der Waals surface area contributed by atoms with Crippen molar-refractivity contribution in [3.8, 4) is 0 Å². The van der Waals surface area contributed by atoms with Gasteiger partial charge in [0.25, 0.3) is 0 Å². The van der Waals surface area contributed by atoms with E-state index in [-0.39, 0.29) is 17.7 Å². The molecule has 0 unspecified atom stereocenters. The molecule has 0 amide bonds. The summed E-state index contributed by atoms with van der Waals surface area (Å²) < 4.78 is 26.9. The SMILES string of the molecule is CC(=O)OC[C@H]1O[C@@H]([Se]C(=O)Cc2ccccc2)[C@H](OC(C)=O)[C@@H](OC(C)=O)[C@@H]1OC(C)=O. The molecular weight excluding hydrogens is 503 g/mol. The van der Waals surface area contributed by atoms with Crippen LogP contribution in [0.3, 0.4) is 0 Å². The van der Waals surface area contributed by atoms with Gasteiger partial charge in [0.15, 0.2) is 0 Å². The van der Waals surface area contributed by atoms with Crippen LogP contribution in [-0.2, 0) is 54.1 Å². The van der Waals surface area contributed by atoms with Gasteiger partial charge in [0.1, 0.15) is 0 Å². The number of carbonyl (C=O) groups excluding carboxylic acids is 5. The Labute approximate surface area is 197 Å². The average Bonchev–Trinajstić information content (AvgIpc) is 2.70. The van der Waals surface area contributed by atoms with Gasteiger partial charge in [-0.25, -0.2) is 0 Å². The van der Waals surface area contributed by atoms with Gasteiger partial charge in [-0.05, 0) is 0 Å². The standard InChI is InChI=1S/C22H26O10Se/c1-12(23)28-11-17-19(29-13(2)24)20(30-14(3)25)21(31-15(4)26)22(32-17)33-18(27)10-16-8-6-5-7-9-16/h5-9,17,19-22H,10-11H2,1-4H3/t17-,19-,20+,21-,22+/m1/s1. The molecule has 0 aliphatic carbocycles. The second kappa shape index (κ2) is 12.5. The molecule has 33 heavy (non-hydrogen) atoms. The predicted molar refractivity (Wildman–Crippen MR) is 113 cm³/mol. The summed E-state index contributed by atoms with van der Waals surface area (Å²) in [6.45, 7) is 4.32. The Bertz CT molecular complexity index is 871. The summed E-state index contributed by atoms with van der Waals surface area (Å²) in [4.78, 5) is 59.5. The maximum atomic E-state index is 12.8. The van der Waals surface area contributed by atoms with Gasteiger partial charge in [-0.1, -0.05) is 0 Å². The molecule has 0 spiro atoms. The van der Waals surface area contributed by atoms with Crippen molar-refractivity contribution in [2.75, 3.05) is 6.61 Å². The molecule has 10 nitrogen and oxygen atoms in total. The summed E-state index contributed by atoms with van der Waals surface area (Å²) in [7, 11) is 0. The number of rotatable bonds is 9. The zero-order chi connectivity index (χ0) is 24.5. The van der Waals surface area contributed by atoms with Crippen LogP contribution in [0.2, 0.25) is 0 Å². The Morgan fingerprint density at radius 3 is 1.88 bits per heavy atom. The van der Waals surface area contributed by atoms with Crippen molar-refractivity contribution in [1.29, 1.82) is 0 Å². The zero-order valence-corrected chi connectivity index (χ0v) is 20.4. The molecule has 1 heterocycles. The quantitative estimate of drug-likeness (QED) is 0.254. The van der Waals surface area contributed by atoms with Crippen molar-refractivity contribution in [3.05, 3.63) is 35.9 Å². The first-order chi connectivity index (χ1) is 15.6. The van der Waals surface area contributed by atoms with E-state index in [4.69, 9.17) is 23.7 Å². The van der Waals surface area contributed by atoms with Gasteiger partial charge >= 0.3 is 197 Å². The van der Waals surface area contributed by atoms with Crippen molar-refractivity contribution in [2.45, 2.75) is 63.5 Å². The summed E-state index contributed by atoms with van der Waals surface area (Å²) in [5, 5.41) is -0.977. The molecule has 1 fully saturated rings. The summed E-state index contributed by atoms with van der Waals surface area (Å²) >= 11 is -0.885. The van der Waals surface area contributed by atoms with Crippen LogP contribution in [-0.4, -0.2) is 79.5 Å². The summed E-state index contributed by atoms with van der Waals surface area (Å²) in [6, 6.07) is 9.06. The minimum atomic E-state index is -1.26. The third-order valence-corrected chi connectivity index (χ3v) is 6.52. The first-order valence-electron chi connectivity index (χ1n) is 10.1. The van der Waals surface area contributed by atoms with E-state index in [1.165, 1.54) is 6.92 Å². The van der Waals surface area contributed by atoms with Gasteiger partial charge in [0.2, 0.25) is 0 Å². The van der Waals surface area contributed by atoms with E-state index in [1.54, 1.807) is 12.1 Å². The molecule has 1 aromatic carbocycles. The maximum absolute atomic E-state index is 12.8. The molecule has 2 rings (SSSR count). The van der Waals surface area contributed by atoms with Gasteiger partial charge in [0.05, 0.1) is 0 Å². The summed E-state index contributed by atoms with van der Waals surface area (Å²) in [5.41, 5.74) is 0.801. The van der Waals surface area contributed by atoms with Crippen LogP contribution >= 0.6 is 0 Å². The van der Waals surface area contributed by atoms with E-state index >= 15 is 0 Å². The first kappa shape index (κ1) is 26.5. The molecule has 180 valence electrons. The number of esters is 4. The molecule has 1 aliphatic heterocycles. The number of hydrogen-bond donors (Lipinski definition) is 0. The second-order valence-electron chi connectivity index (χ2n) is 7.22. The molecule has 0 bridgehead atoms. The van der Waals surface area contributed by atoms with Gasteiger partial charge in [-0.15, -0.1) is 0 Å². The number of benzene rings is 1. The summed E-state index contributed by atoms with van der Waals surface area (Å²) in [5.74, 6) is -2.73. The van der Waals surface area contributed by atoms with Crippen LogP contribution in [0.15, 0.2) is 30.3 Å². The summed E-state index contributed by atoms with van der Waals surface area (Å²) in [6.07, 6.45) is -4.62. The molecular formula is C22H26O10Se. The Morgan fingerprint density at radius 1 is 0.788 bits per heavy atom. The van der Waals surface area contributed by atoms with E-state index in [2.05, 4.69) is 0 Å². The van der Waals surface area contributed by atoms with Crippen molar-refractivity contribution in [3.63, 3.8) is 0 Å². The fourth-order valence-electron chi connectivity index (χ4n) is 3.22. The third-order valence-electron chi connectivity index (χ3n) is 4.39. The monoisotopic (exact) mass is 530 g/mol. The van der Waals surface area contributed by atoms with E-state index in [0.29, 0.717) is 0 Å². The molecule has 1 saturated heterocycles. The fraction of sp³-hybridized carbons (Fsp3) is 0.500. The topological polar surface area (TPSA) is 132 Å². The van der Waals surface area contributed by atoms with Crippen molar-refractivity contribution < 1.29 is 47.7 Å². The Morgan fingerprint density at radius 2 is 1.33 bits per heavy atom. The molecule has 0 N–H and O–H groups in total. The molecule has 5 atom stereocenters. The van der Waals surface area contributed by atoms with E-state index in [1.807, 2.05) is 18.2 Å². The van der Waals surface area contributed by atoms with Gasteiger partial charge in [-0.3, -0.25) is 0 Å². The second-order valence-corrected chi connectivity index (χ2v) is 9.64. The number of ether oxygens (including phenoxy) is 5. The first-order valence-corrected chi connectivity index (χ1v) is 11.9. The van der Waals surface area contributed by atoms with Gasteiger partial charge in [-0.2, -0.15) is 0 Å². The molecule has 0 radical (unpaired) electrons. The normalized spacial score (nSPS) is 24.3.